The molecule has 3 aromatic carbocycles. The summed E-state index contributed by atoms with van der Waals surface area (Å²) in [7, 11) is -1.53. The van der Waals surface area contributed by atoms with E-state index >= 15 is 0 Å². The molecule has 8 heteroatoms. The lowest BCUT2D eigenvalue weighted by molar-refractivity contribution is 0.222. The summed E-state index contributed by atoms with van der Waals surface area (Å²) in [4.78, 5) is 5.69. The van der Waals surface area contributed by atoms with E-state index < -0.39 is 10.0 Å². The van der Waals surface area contributed by atoms with Gasteiger partial charge in [-0.15, -0.1) is 0 Å². The first-order chi connectivity index (χ1) is 16.2. The smallest absolute Gasteiger partial charge is 0.243 e. The zero-order chi connectivity index (χ0) is 24.0. The van der Waals surface area contributed by atoms with E-state index in [0.29, 0.717) is 34.3 Å². The van der Waals surface area contributed by atoms with Crippen molar-refractivity contribution in [3.05, 3.63) is 77.1 Å². The number of benzene rings is 3. The highest BCUT2D eigenvalue weighted by Crippen LogP contribution is 2.34. The normalized spacial score (nSPS) is 15.8. The van der Waals surface area contributed by atoms with Crippen LogP contribution in [0, 0.1) is 12.7 Å². The Balaban J connectivity index is 1.48. The number of nitrogens with one attached hydrogen (secondary N) is 1. The lowest BCUT2D eigenvalue weighted by Crippen LogP contribution is -2.47. The zero-order valence-corrected chi connectivity index (χ0v) is 20.5. The Morgan fingerprint density at radius 3 is 2.44 bits per heavy atom. The van der Waals surface area contributed by atoms with E-state index in [1.165, 1.54) is 6.07 Å². The number of fused-ring (bicyclic) bond motifs is 1. The highest BCUT2D eigenvalue weighted by atomic mass is 35.5. The number of hydrogen-bond donors (Lipinski definition) is 1. The Labute approximate surface area is 203 Å². The largest absolute Gasteiger partial charge is 0.354 e. The van der Waals surface area contributed by atoms with Crippen LogP contribution in [0.3, 0.4) is 0 Å². The molecule has 1 N–H and O–H groups in total. The van der Waals surface area contributed by atoms with Gasteiger partial charge in [-0.2, -0.15) is 4.31 Å². The number of nitrogens with zero attached hydrogens (tertiary/aromatic N) is 2. The molecule has 0 saturated carbocycles. The summed E-state index contributed by atoms with van der Waals surface area (Å²) in [5.41, 5.74) is 4.61. The van der Waals surface area contributed by atoms with Crippen LogP contribution < -0.4 is 0 Å². The fraction of sp³-hybridized carbons (Fsp3) is 0.231. The van der Waals surface area contributed by atoms with Crippen LogP contribution in [0.25, 0.3) is 33.3 Å². The molecule has 1 saturated heterocycles. The van der Waals surface area contributed by atoms with Crippen LogP contribution >= 0.6 is 11.6 Å². The number of rotatable bonds is 4. The van der Waals surface area contributed by atoms with Crippen molar-refractivity contribution in [3.63, 3.8) is 0 Å². The molecule has 1 aliphatic heterocycles. The minimum absolute atomic E-state index is 0.317. The lowest BCUT2D eigenvalue weighted by Gasteiger charge is -2.31. The van der Waals surface area contributed by atoms with Crippen LogP contribution in [0.5, 0.6) is 0 Å². The highest BCUT2D eigenvalue weighted by molar-refractivity contribution is 7.89. The monoisotopic (exact) mass is 497 g/mol. The number of sulfonamides is 1. The molecule has 176 valence electrons. The second kappa shape index (κ2) is 8.82. The van der Waals surface area contributed by atoms with Crippen molar-refractivity contribution >= 4 is 32.5 Å². The summed E-state index contributed by atoms with van der Waals surface area (Å²) in [6.07, 6.45) is 0. The van der Waals surface area contributed by atoms with Gasteiger partial charge < -0.3 is 9.88 Å². The Morgan fingerprint density at radius 1 is 0.971 bits per heavy atom. The van der Waals surface area contributed by atoms with Gasteiger partial charge in [-0.25, -0.2) is 12.8 Å². The van der Waals surface area contributed by atoms with E-state index in [4.69, 9.17) is 11.6 Å². The number of piperazine rings is 1. The van der Waals surface area contributed by atoms with E-state index in [-0.39, 0.29) is 5.82 Å². The van der Waals surface area contributed by atoms with Crippen LogP contribution in [0.2, 0.25) is 5.02 Å². The Kier molecular flexibility index (Phi) is 5.98. The van der Waals surface area contributed by atoms with Crippen LogP contribution in [-0.2, 0) is 10.0 Å². The summed E-state index contributed by atoms with van der Waals surface area (Å²) in [5, 5.41) is 1.26. The minimum atomic E-state index is -3.52. The predicted molar refractivity (Wildman–Crippen MR) is 135 cm³/mol. The van der Waals surface area contributed by atoms with E-state index in [1.54, 1.807) is 28.6 Å². The summed E-state index contributed by atoms with van der Waals surface area (Å²) < 4.78 is 42.2. The minimum Gasteiger partial charge on any atom is -0.354 e. The Morgan fingerprint density at radius 2 is 1.74 bits per heavy atom. The van der Waals surface area contributed by atoms with Crippen molar-refractivity contribution in [2.24, 2.45) is 0 Å². The van der Waals surface area contributed by atoms with E-state index in [0.717, 1.165) is 40.7 Å². The van der Waals surface area contributed by atoms with Crippen molar-refractivity contribution in [1.29, 1.82) is 0 Å². The average Bonchev–Trinajstić information content (AvgIpc) is 3.22. The molecule has 1 aliphatic rings. The van der Waals surface area contributed by atoms with Gasteiger partial charge in [0, 0.05) is 37.1 Å². The van der Waals surface area contributed by atoms with Gasteiger partial charge in [-0.1, -0.05) is 29.8 Å². The SMILES string of the molecule is Cc1cc(S(=O)(=O)N2CCN(C)CC2)ccc1-c1ccc2[nH]c(-c3c(F)cccc3Cl)cc2c1. The van der Waals surface area contributed by atoms with Crippen molar-refractivity contribution in [1.82, 2.24) is 14.2 Å². The molecule has 4 aromatic rings. The van der Waals surface area contributed by atoms with Gasteiger partial charge in [-0.05, 0) is 73.1 Å². The Bertz CT molecular complexity index is 1470. The molecule has 0 amide bonds. The lowest BCUT2D eigenvalue weighted by atomic mass is 9.99. The topological polar surface area (TPSA) is 56.4 Å². The summed E-state index contributed by atoms with van der Waals surface area (Å²) in [6.45, 7) is 4.38. The number of halogens is 2. The quantitative estimate of drug-likeness (QED) is 0.403. The molecule has 1 aromatic heterocycles. The molecule has 0 aliphatic carbocycles. The number of aromatic amines is 1. The third-order valence-electron chi connectivity index (χ3n) is 6.46. The van der Waals surface area contributed by atoms with Gasteiger partial charge in [0.05, 0.1) is 21.2 Å². The third-order valence-corrected chi connectivity index (χ3v) is 8.67. The average molecular weight is 498 g/mol. The van der Waals surface area contributed by atoms with Crippen LogP contribution in [-0.4, -0.2) is 55.8 Å². The molecule has 0 unspecified atom stereocenters. The first kappa shape index (κ1) is 23.1. The maximum atomic E-state index is 14.4. The zero-order valence-electron chi connectivity index (χ0n) is 19.0. The molecule has 0 radical (unpaired) electrons. The number of hydrogen-bond acceptors (Lipinski definition) is 3. The molecule has 5 rings (SSSR count). The first-order valence-corrected chi connectivity index (χ1v) is 12.9. The van der Waals surface area contributed by atoms with Crippen LogP contribution in [0.15, 0.2) is 65.6 Å². The second-order valence-electron chi connectivity index (χ2n) is 8.77. The van der Waals surface area contributed by atoms with Gasteiger partial charge >= 0.3 is 0 Å². The predicted octanol–water partition coefficient (Wildman–Crippen LogP) is 5.54. The molecule has 0 bridgehead atoms. The summed E-state index contributed by atoms with van der Waals surface area (Å²) in [6, 6.07) is 17.7. The molecule has 34 heavy (non-hydrogen) atoms. The van der Waals surface area contributed by atoms with Gasteiger partial charge in [0.25, 0.3) is 0 Å². The van der Waals surface area contributed by atoms with E-state index in [2.05, 4.69) is 9.88 Å². The molecule has 2 heterocycles. The van der Waals surface area contributed by atoms with Crippen molar-refractivity contribution < 1.29 is 12.8 Å². The highest BCUT2D eigenvalue weighted by Gasteiger charge is 2.27. The number of aromatic nitrogens is 1. The fourth-order valence-electron chi connectivity index (χ4n) is 4.49. The number of aryl methyl sites for hydroxylation is 1. The molecular formula is C26H25ClFN3O2S. The fourth-order valence-corrected chi connectivity index (χ4v) is 6.26. The summed E-state index contributed by atoms with van der Waals surface area (Å²) in [5.74, 6) is -0.382. The van der Waals surface area contributed by atoms with Crippen molar-refractivity contribution in [2.45, 2.75) is 11.8 Å². The number of H-pyrrole nitrogens is 1. The molecule has 0 spiro atoms. The Hall–Kier alpha value is -2.71. The van der Waals surface area contributed by atoms with E-state index in [1.807, 2.05) is 44.3 Å². The molecular weight excluding hydrogens is 473 g/mol. The summed E-state index contributed by atoms with van der Waals surface area (Å²) >= 11 is 6.24. The molecule has 1 fully saturated rings. The number of likely N-dealkylation sites (N-methyl/N-ethyl adjacent to an activating group) is 1. The van der Waals surface area contributed by atoms with Crippen molar-refractivity contribution in [3.8, 4) is 22.4 Å². The maximum absolute atomic E-state index is 14.4. The standard InChI is InChI=1S/C26H25ClFN3O2S/c1-17-14-20(34(32,33)31-12-10-30(2)11-13-31)7-8-21(17)18-6-9-24-19(15-18)16-25(29-24)26-22(27)4-3-5-23(26)28/h3-9,14-16,29H,10-13H2,1-2H3. The third kappa shape index (κ3) is 4.14. The van der Waals surface area contributed by atoms with Gasteiger partial charge in [0.15, 0.2) is 0 Å². The van der Waals surface area contributed by atoms with Gasteiger partial charge in [0.1, 0.15) is 5.82 Å². The molecule has 5 nitrogen and oxygen atoms in total. The van der Waals surface area contributed by atoms with Crippen molar-refractivity contribution in [2.75, 3.05) is 33.2 Å². The first-order valence-electron chi connectivity index (χ1n) is 11.1. The van der Waals surface area contributed by atoms with E-state index in [9.17, 15) is 12.8 Å². The second-order valence-corrected chi connectivity index (χ2v) is 11.1. The van der Waals surface area contributed by atoms with Crippen LogP contribution in [0.4, 0.5) is 4.39 Å². The van der Waals surface area contributed by atoms with Gasteiger partial charge in [-0.3, -0.25) is 0 Å². The van der Waals surface area contributed by atoms with Gasteiger partial charge in [0.2, 0.25) is 10.0 Å². The molecule has 0 atom stereocenters. The van der Waals surface area contributed by atoms with Crippen LogP contribution in [0.1, 0.15) is 5.56 Å². The maximum Gasteiger partial charge on any atom is 0.243 e.